The molecule has 0 aliphatic carbocycles. The molecule has 0 saturated carbocycles. The second-order valence-corrected chi connectivity index (χ2v) is 5.01. The molecule has 0 aliphatic rings. The molecule has 2 aromatic carbocycles. The summed E-state index contributed by atoms with van der Waals surface area (Å²) in [5.74, 6) is 0.556. The van der Waals surface area contributed by atoms with Crippen LogP contribution in [0.5, 0.6) is 0 Å². The molecule has 2 rings (SSSR count). The summed E-state index contributed by atoms with van der Waals surface area (Å²) in [6, 6.07) is 18.4. The summed E-state index contributed by atoms with van der Waals surface area (Å²) in [6.45, 7) is 4.38. The number of hydrogen-bond acceptors (Lipinski definition) is 1. The summed E-state index contributed by atoms with van der Waals surface area (Å²) >= 11 is 5.38. The summed E-state index contributed by atoms with van der Waals surface area (Å²) in [4.78, 5) is 0.757. The van der Waals surface area contributed by atoms with Crippen molar-refractivity contribution in [2.45, 2.75) is 19.8 Å². The fourth-order valence-electron chi connectivity index (χ4n) is 1.74. The maximum Gasteiger partial charge on any atom is 0.110 e. The van der Waals surface area contributed by atoms with Crippen molar-refractivity contribution in [3.8, 4) is 0 Å². The molecule has 0 fully saturated rings. The molecule has 2 aromatic rings. The van der Waals surface area contributed by atoms with E-state index in [-0.39, 0.29) is 0 Å². The largest absolute Gasteiger partial charge is 0.346 e. The van der Waals surface area contributed by atoms with Gasteiger partial charge in [-0.3, -0.25) is 0 Å². The highest BCUT2D eigenvalue weighted by atomic mass is 32.1. The molecule has 18 heavy (non-hydrogen) atoms. The lowest BCUT2D eigenvalue weighted by molar-refractivity contribution is 0.867. The predicted molar refractivity (Wildman–Crippen MR) is 82.3 cm³/mol. The molecule has 0 atom stereocenters. The van der Waals surface area contributed by atoms with Crippen molar-refractivity contribution < 1.29 is 0 Å². The van der Waals surface area contributed by atoms with Crippen LogP contribution in [-0.4, -0.2) is 4.99 Å². The molecule has 0 spiro atoms. The number of anilines is 1. The van der Waals surface area contributed by atoms with Crippen LogP contribution in [0.2, 0.25) is 0 Å². The van der Waals surface area contributed by atoms with E-state index in [1.165, 1.54) is 5.56 Å². The molecule has 92 valence electrons. The Bertz CT molecular complexity index is 515. The zero-order chi connectivity index (χ0) is 13.0. The van der Waals surface area contributed by atoms with E-state index in [4.69, 9.17) is 12.2 Å². The van der Waals surface area contributed by atoms with Crippen LogP contribution in [0.1, 0.15) is 30.9 Å². The maximum absolute atomic E-state index is 5.38. The van der Waals surface area contributed by atoms with E-state index < -0.39 is 0 Å². The van der Waals surface area contributed by atoms with Crippen LogP contribution in [0.3, 0.4) is 0 Å². The van der Waals surface area contributed by atoms with Crippen molar-refractivity contribution in [3.05, 3.63) is 65.7 Å². The molecule has 1 N–H and O–H groups in total. The van der Waals surface area contributed by atoms with Crippen molar-refractivity contribution in [3.63, 3.8) is 0 Å². The molecular weight excluding hydrogens is 238 g/mol. The van der Waals surface area contributed by atoms with Crippen LogP contribution in [0.15, 0.2) is 54.6 Å². The fourth-order valence-corrected chi connectivity index (χ4v) is 2.00. The predicted octanol–water partition coefficient (Wildman–Crippen LogP) is 4.60. The number of nitrogens with one attached hydrogen (secondary N) is 1. The number of rotatable bonds is 3. The van der Waals surface area contributed by atoms with Crippen molar-refractivity contribution in [1.29, 1.82) is 0 Å². The summed E-state index contributed by atoms with van der Waals surface area (Å²) < 4.78 is 0. The first kappa shape index (κ1) is 12.8. The Labute approximate surface area is 114 Å². The van der Waals surface area contributed by atoms with Crippen LogP contribution in [0.25, 0.3) is 0 Å². The maximum atomic E-state index is 5.38. The number of thiocarbonyl (C=S) groups is 1. The molecule has 2 heteroatoms. The van der Waals surface area contributed by atoms with Gasteiger partial charge in [-0.05, 0) is 23.6 Å². The molecular formula is C16H17NS. The van der Waals surface area contributed by atoms with Crippen molar-refractivity contribution >= 4 is 22.9 Å². The molecule has 0 bridgehead atoms. The molecule has 0 saturated heterocycles. The molecule has 1 nitrogen and oxygen atoms in total. The van der Waals surface area contributed by atoms with E-state index in [0.717, 1.165) is 16.2 Å². The van der Waals surface area contributed by atoms with Gasteiger partial charge >= 0.3 is 0 Å². The monoisotopic (exact) mass is 255 g/mol. The average molecular weight is 255 g/mol. The third-order valence-corrected chi connectivity index (χ3v) is 3.21. The second-order valence-electron chi connectivity index (χ2n) is 4.60. The Balaban J connectivity index is 2.08. The Hall–Kier alpha value is -1.67. The second kappa shape index (κ2) is 5.78. The SMILES string of the molecule is CC(C)c1ccc(NC(=S)c2ccccc2)cc1. The van der Waals surface area contributed by atoms with Crippen LogP contribution in [-0.2, 0) is 0 Å². The van der Waals surface area contributed by atoms with E-state index >= 15 is 0 Å². The molecule has 0 unspecified atom stereocenters. The fraction of sp³-hybridized carbons (Fsp3) is 0.188. The van der Waals surface area contributed by atoms with Gasteiger partial charge in [-0.2, -0.15) is 0 Å². The first-order valence-electron chi connectivity index (χ1n) is 6.13. The lowest BCUT2D eigenvalue weighted by atomic mass is 10.0. The van der Waals surface area contributed by atoms with Crippen molar-refractivity contribution in [2.75, 3.05) is 5.32 Å². The third-order valence-electron chi connectivity index (χ3n) is 2.87. The highest BCUT2D eigenvalue weighted by molar-refractivity contribution is 7.81. The third kappa shape index (κ3) is 3.17. The summed E-state index contributed by atoms with van der Waals surface area (Å²) in [5.41, 5.74) is 3.42. The molecule has 0 radical (unpaired) electrons. The normalized spacial score (nSPS) is 10.4. The van der Waals surface area contributed by atoms with Gasteiger partial charge in [0.05, 0.1) is 0 Å². The molecule has 0 aromatic heterocycles. The van der Waals surface area contributed by atoms with Crippen LogP contribution in [0, 0.1) is 0 Å². The van der Waals surface area contributed by atoms with Gasteiger partial charge in [-0.15, -0.1) is 0 Å². The van der Waals surface area contributed by atoms with Crippen LogP contribution in [0.4, 0.5) is 5.69 Å². The van der Waals surface area contributed by atoms with Crippen molar-refractivity contribution in [1.82, 2.24) is 0 Å². The smallest absolute Gasteiger partial charge is 0.110 e. The van der Waals surface area contributed by atoms with Crippen LogP contribution < -0.4 is 5.32 Å². The minimum absolute atomic E-state index is 0.556. The highest BCUT2D eigenvalue weighted by Gasteiger charge is 2.02. The Morgan fingerprint density at radius 2 is 1.56 bits per heavy atom. The quantitative estimate of drug-likeness (QED) is 0.805. The Morgan fingerprint density at radius 3 is 2.11 bits per heavy atom. The molecule has 0 aliphatic heterocycles. The van der Waals surface area contributed by atoms with E-state index in [1.54, 1.807) is 0 Å². The zero-order valence-corrected chi connectivity index (χ0v) is 11.5. The standard InChI is InChI=1S/C16H17NS/c1-12(2)13-8-10-15(11-9-13)17-16(18)14-6-4-3-5-7-14/h3-12H,1-2H3,(H,17,18). The first-order valence-corrected chi connectivity index (χ1v) is 6.54. The van der Waals surface area contributed by atoms with E-state index in [2.05, 4.69) is 43.4 Å². The highest BCUT2D eigenvalue weighted by Crippen LogP contribution is 2.17. The van der Waals surface area contributed by atoms with Gasteiger partial charge in [-0.1, -0.05) is 68.5 Å². The topological polar surface area (TPSA) is 12.0 Å². The summed E-state index contributed by atoms with van der Waals surface area (Å²) in [7, 11) is 0. The van der Waals surface area contributed by atoms with Gasteiger partial charge in [0.1, 0.15) is 4.99 Å². The van der Waals surface area contributed by atoms with Gasteiger partial charge < -0.3 is 5.32 Å². The summed E-state index contributed by atoms with van der Waals surface area (Å²) in [5, 5.41) is 3.26. The lowest BCUT2D eigenvalue weighted by Gasteiger charge is -2.10. The first-order chi connectivity index (χ1) is 8.66. The van der Waals surface area contributed by atoms with Gasteiger partial charge in [-0.25, -0.2) is 0 Å². The van der Waals surface area contributed by atoms with Gasteiger partial charge in [0.15, 0.2) is 0 Å². The minimum atomic E-state index is 0.556. The minimum Gasteiger partial charge on any atom is -0.346 e. The van der Waals surface area contributed by atoms with E-state index in [0.29, 0.717) is 5.92 Å². The van der Waals surface area contributed by atoms with Gasteiger partial charge in [0.25, 0.3) is 0 Å². The van der Waals surface area contributed by atoms with Crippen LogP contribution >= 0.6 is 12.2 Å². The Kier molecular flexibility index (Phi) is 4.11. The lowest BCUT2D eigenvalue weighted by Crippen LogP contribution is -2.10. The Morgan fingerprint density at radius 1 is 0.944 bits per heavy atom. The average Bonchev–Trinajstić information content (AvgIpc) is 2.40. The summed E-state index contributed by atoms with van der Waals surface area (Å²) in [6.07, 6.45) is 0. The van der Waals surface area contributed by atoms with Gasteiger partial charge in [0, 0.05) is 11.3 Å². The van der Waals surface area contributed by atoms with E-state index in [9.17, 15) is 0 Å². The molecule has 0 amide bonds. The van der Waals surface area contributed by atoms with Gasteiger partial charge in [0.2, 0.25) is 0 Å². The van der Waals surface area contributed by atoms with Crippen molar-refractivity contribution in [2.24, 2.45) is 0 Å². The number of benzene rings is 2. The number of hydrogen-bond donors (Lipinski definition) is 1. The zero-order valence-electron chi connectivity index (χ0n) is 10.7. The molecule has 0 heterocycles. The van der Waals surface area contributed by atoms with E-state index in [1.807, 2.05) is 30.3 Å².